The molecule has 0 aliphatic carbocycles. The zero-order chi connectivity index (χ0) is 23.0. The molecule has 0 spiro atoms. The Labute approximate surface area is 183 Å². The zero-order valence-corrected chi connectivity index (χ0v) is 17.6. The smallest absolute Gasteiger partial charge is 0.325 e. The monoisotopic (exact) mass is 444 g/mol. The van der Waals surface area contributed by atoms with Gasteiger partial charge in [-0.1, -0.05) is 12.1 Å². The van der Waals surface area contributed by atoms with Crippen LogP contribution in [0, 0.1) is 11.6 Å². The first kappa shape index (κ1) is 21.8. The molecule has 0 saturated carbocycles. The molecule has 2 aliphatic heterocycles. The number of imide groups is 1. The highest BCUT2D eigenvalue weighted by Crippen LogP contribution is 2.28. The molecule has 3 heterocycles. The van der Waals surface area contributed by atoms with Gasteiger partial charge in [0.1, 0.15) is 29.8 Å². The van der Waals surface area contributed by atoms with Crippen LogP contribution in [0.4, 0.5) is 13.6 Å². The van der Waals surface area contributed by atoms with Crippen molar-refractivity contribution in [3.63, 3.8) is 0 Å². The van der Waals surface area contributed by atoms with E-state index in [1.165, 1.54) is 17.0 Å². The predicted molar refractivity (Wildman–Crippen MR) is 109 cm³/mol. The average Bonchev–Trinajstić information content (AvgIpc) is 2.95. The summed E-state index contributed by atoms with van der Waals surface area (Å²) in [6, 6.07) is 7.74. The minimum Gasteiger partial charge on any atom is -0.368 e. The van der Waals surface area contributed by atoms with E-state index in [1.807, 2.05) is 0 Å². The fraction of sp³-hybridized carbons (Fsp3) is 0.364. The van der Waals surface area contributed by atoms with Crippen LogP contribution in [-0.2, 0) is 14.3 Å². The predicted octanol–water partition coefficient (Wildman–Crippen LogP) is 2.26. The maximum atomic E-state index is 14.2. The second-order valence-corrected chi connectivity index (χ2v) is 8.19. The number of morpholine rings is 1. The number of amides is 4. The lowest BCUT2D eigenvalue weighted by atomic mass is 10.1. The molecule has 2 fully saturated rings. The van der Waals surface area contributed by atoms with Crippen molar-refractivity contribution in [3.05, 3.63) is 53.7 Å². The number of aromatic nitrogens is 1. The van der Waals surface area contributed by atoms with Crippen molar-refractivity contribution in [2.75, 3.05) is 26.2 Å². The Hall–Kier alpha value is -3.40. The lowest BCUT2D eigenvalue weighted by Crippen LogP contribution is -2.48. The number of urea groups is 1. The van der Waals surface area contributed by atoms with Gasteiger partial charge in [-0.15, -0.1) is 0 Å². The SMILES string of the molecule is CC1(C)NC(=O)N(CC(=O)N2CCO[C@H](c3cccc(-c4c(F)cccc4F)n3)C2)C1=O. The van der Waals surface area contributed by atoms with Crippen molar-refractivity contribution in [1.29, 1.82) is 0 Å². The number of ether oxygens (including phenoxy) is 1. The van der Waals surface area contributed by atoms with Gasteiger partial charge in [0.05, 0.1) is 30.1 Å². The van der Waals surface area contributed by atoms with E-state index in [2.05, 4.69) is 10.3 Å². The largest absolute Gasteiger partial charge is 0.368 e. The van der Waals surface area contributed by atoms with E-state index in [9.17, 15) is 23.2 Å². The fourth-order valence-electron chi connectivity index (χ4n) is 3.76. The summed E-state index contributed by atoms with van der Waals surface area (Å²) in [5.74, 6) is -2.34. The molecule has 2 saturated heterocycles. The molecular formula is C22H22F2N4O4. The van der Waals surface area contributed by atoms with E-state index in [-0.39, 0.29) is 37.5 Å². The standard InChI is InChI=1S/C22H22F2N4O4/c1-22(2)20(30)28(21(31)26-22)12-18(29)27-9-10-32-17(11-27)15-7-4-8-16(25-15)19-13(23)5-3-6-14(19)24/h3-8,17H,9-12H2,1-2H3,(H,26,31)/t17-/m0/s1. The van der Waals surface area contributed by atoms with Crippen molar-refractivity contribution in [2.24, 2.45) is 0 Å². The molecule has 1 N–H and O–H groups in total. The number of nitrogens with zero attached hydrogens (tertiary/aromatic N) is 3. The van der Waals surface area contributed by atoms with Gasteiger partial charge >= 0.3 is 6.03 Å². The Morgan fingerprint density at radius 2 is 1.88 bits per heavy atom. The quantitative estimate of drug-likeness (QED) is 0.731. The molecular weight excluding hydrogens is 422 g/mol. The van der Waals surface area contributed by atoms with Crippen molar-refractivity contribution in [3.8, 4) is 11.3 Å². The van der Waals surface area contributed by atoms with Gasteiger partial charge in [0.2, 0.25) is 5.91 Å². The summed E-state index contributed by atoms with van der Waals surface area (Å²) >= 11 is 0. The molecule has 2 aliphatic rings. The lowest BCUT2D eigenvalue weighted by molar-refractivity contribution is -0.143. The third-order valence-electron chi connectivity index (χ3n) is 5.48. The summed E-state index contributed by atoms with van der Waals surface area (Å²) in [5, 5.41) is 2.54. The first-order valence-corrected chi connectivity index (χ1v) is 10.1. The van der Waals surface area contributed by atoms with Gasteiger partial charge in [0.15, 0.2) is 0 Å². The number of rotatable bonds is 4. The molecule has 0 unspecified atom stereocenters. The fourth-order valence-corrected chi connectivity index (χ4v) is 3.76. The number of nitrogens with one attached hydrogen (secondary N) is 1. The minimum absolute atomic E-state index is 0.117. The van der Waals surface area contributed by atoms with E-state index in [1.54, 1.807) is 26.0 Å². The lowest BCUT2D eigenvalue weighted by Gasteiger charge is -2.33. The van der Waals surface area contributed by atoms with Crippen LogP contribution in [0.1, 0.15) is 25.6 Å². The Balaban J connectivity index is 1.49. The van der Waals surface area contributed by atoms with Gasteiger partial charge in [0.25, 0.3) is 5.91 Å². The summed E-state index contributed by atoms with van der Waals surface area (Å²) in [6.45, 7) is 3.38. The van der Waals surface area contributed by atoms with Gasteiger partial charge in [-0.3, -0.25) is 14.5 Å². The van der Waals surface area contributed by atoms with Gasteiger partial charge < -0.3 is 15.0 Å². The van der Waals surface area contributed by atoms with Gasteiger partial charge in [-0.2, -0.15) is 0 Å². The number of halogens is 2. The molecule has 4 amide bonds. The van der Waals surface area contributed by atoms with E-state index in [4.69, 9.17) is 4.74 Å². The topological polar surface area (TPSA) is 91.8 Å². The molecule has 168 valence electrons. The Morgan fingerprint density at radius 3 is 2.53 bits per heavy atom. The summed E-state index contributed by atoms with van der Waals surface area (Å²) < 4.78 is 34.1. The average molecular weight is 444 g/mol. The van der Waals surface area contributed by atoms with Crippen molar-refractivity contribution in [2.45, 2.75) is 25.5 Å². The zero-order valence-electron chi connectivity index (χ0n) is 17.6. The van der Waals surface area contributed by atoms with Gasteiger partial charge in [0, 0.05) is 6.54 Å². The summed E-state index contributed by atoms with van der Waals surface area (Å²) in [4.78, 5) is 43.9. The molecule has 32 heavy (non-hydrogen) atoms. The molecule has 8 nitrogen and oxygen atoms in total. The summed E-state index contributed by atoms with van der Waals surface area (Å²) in [6.07, 6.45) is -0.623. The van der Waals surface area contributed by atoms with Crippen LogP contribution < -0.4 is 5.32 Å². The highest BCUT2D eigenvalue weighted by atomic mass is 19.1. The third kappa shape index (κ3) is 4.05. The normalized spacial score (nSPS) is 20.4. The van der Waals surface area contributed by atoms with Crippen LogP contribution in [0.2, 0.25) is 0 Å². The third-order valence-corrected chi connectivity index (χ3v) is 5.48. The second kappa shape index (κ2) is 8.27. The van der Waals surface area contributed by atoms with E-state index < -0.39 is 41.1 Å². The number of hydrogen-bond donors (Lipinski definition) is 1. The number of pyridine rings is 1. The van der Waals surface area contributed by atoms with E-state index >= 15 is 0 Å². The van der Waals surface area contributed by atoms with Gasteiger partial charge in [-0.25, -0.2) is 18.6 Å². The molecule has 10 heteroatoms. The Bertz CT molecular complexity index is 1070. The van der Waals surface area contributed by atoms with E-state index in [0.29, 0.717) is 5.69 Å². The minimum atomic E-state index is -1.06. The molecule has 2 aromatic rings. The van der Waals surface area contributed by atoms with Crippen molar-refractivity contribution >= 4 is 17.8 Å². The van der Waals surface area contributed by atoms with Gasteiger partial charge in [-0.05, 0) is 38.1 Å². The number of carbonyl (C=O) groups excluding carboxylic acids is 3. The number of carbonyl (C=O) groups is 3. The molecule has 1 atom stereocenters. The first-order valence-electron chi connectivity index (χ1n) is 10.1. The second-order valence-electron chi connectivity index (χ2n) is 8.19. The maximum absolute atomic E-state index is 14.2. The number of benzene rings is 1. The number of hydrogen-bond acceptors (Lipinski definition) is 5. The molecule has 0 radical (unpaired) electrons. The molecule has 1 aromatic carbocycles. The Kier molecular flexibility index (Phi) is 5.64. The van der Waals surface area contributed by atoms with Crippen molar-refractivity contribution in [1.82, 2.24) is 20.1 Å². The van der Waals surface area contributed by atoms with Crippen LogP contribution in [0.15, 0.2) is 36.4 Å². The summed E-state index contributed by atoms with van der Waals surface area (Å²) in [5.41, 5.74) is -0.762. The molecule has 1 aromatic heterocycles. The van der Waals surface area contributed by atoms with Crippen LogP contribution in [-0.4, -0.2) is 64.4 Å². The van der Waals surface area contributed by atoms with Crippen LogP contribution in [0.5, 0.6) is 0 Å². The maximum Gasteiger partial charge on any atom is 0.325 e. The highest BCUT2D eigenvalue weighted by Gasteiger charge is 2.45. The van der Waals surface area contributed by atoms with Crippen molar-refractivity contribution < 1.29 is 27.9 Å². The molecule has 4 rings (SSSR count). The molecule has 0 bridgehead atoms. The van der Waals surface area contributed by atoms with E-state index in [0.717, 1.165) is 17.0 Å². The first-order chi connectivity index (χ1) is 15.2. The summed E-state index contributed by atoms with van der Waals surface area (Å²) in [7, 11) is 0. The van der Waals surface area contributed by atoms with Crippen LogP contribution in [0.3, 0.4) is 0 Å². The highest BCUT2D eigenvalue weighted by molar-refractivity contribution is 6.08. The Morgan fingerprint density at radius 1 is 1.19 bits per heavy atom. The van der Waals surface area contributed by atoms with Crippen LogP contribution in [0.25, 0.3) is 11.3 Å². The van der Waals surface area contributed by atoms with Crippen LogP contribution >= 0.6 is 0 Å².